The quantitative estimate of drug-likeness (QED) is 0.747. The summed E-state index contributed by atoms with van der Waals surface area (Å²) in [6.45, 7) is 4.78. The number of nitrogens with one attached hydrogen (secondary N) is 1. The summed E-state index contributed by atoms with van der Waals surface area (Å²) in [5.41, 5.74) is 8.12. The topological polar surface area (TPSA) is 119 Å². The van der Waals surface area contributed by atoms with Gasteiger partial charge in [-0.2, -0.15) is 0 Å². The smallest absolute Gasteiger partial charge is 0.237 e. The number of rotatable bonds is 6. The lowest BCUT2D eigenvalue weighted by Gasteiger charge is -2.28. The number of para-hydroxylation sites is 1. The predicted molar refractivity (Wildman–Crippen MR) is 94.1 cm³/mol. The normalized spacial score (nSPS) is 18.6. The minimum atomic E-state index is -0.423. The summed E-state index contributed by atoms with van der Waals surface area (Å²) >= 11 is 0. The molecule has 2 atom stereocenters. The van der Waals surface area contributed by atoms with Gasteiger partial charge in [-0.3, -0.25) is 14.5 Å². The average molecular weight is 357 g/mol. The Labute approximate surface area is 151 Å². The largest absolute Gasteiger partial charge is 0.368 e. The Morgan fingerprint density at radius 1 is 1.42 bits per heavy atom. The second-order valence-electron chi connectivity index (χ2n) is 6.50. The Morgan fingerprint density at radius 3 is 2.92 bits per heavy atom. The molecule has 1 aliphatic heterocycles. The molecule has 2 aromatic rings. The summed E-state index contributed by atoms with van der Waals surface area (Å²) in [6, 6.07) is 4.99. The number of hydrogen-bond donors (Lipinski definition) is 2. The number of aryl methyl sites for hydroxylation is 1. The van der Waals surface area contributed by atoms with Crippen molar-refractivity contribution in [3.05, 3.63) is 35.7 Å². The van der Waals surface area contributed by atoms with E-state index in [1.165, 1.54) is 11.1 Å². The zero-order chi connectivity index (χ0) is 18.7. The van der Waals surface area contributed by atoms with Crippen LogP contribution in [0.4, 0.5) is 0 Å². The lowest BCUT2D eigenvalue weighted by Crippen LogP contribution is -2.50. The molecular weight excluding hydrogens is 334 g/mol. The number of likely N-dealkylation sites (tertiary alicyclic amines) is 1. The van der Waals surface area contributed by atoms with Crippen LogP contribution in [0.2, 0.25) is 0 Å². The molecule has 9 nitrogen and oxygen atoms in total. The van der Waals surface area contributed by atoms with Crippen LogP contribution in [-0.2, 0) is 16.1 Å². The molecule has 0 saturated carbocycles. The first kappa shape index (κ1) is 18.0. The molecular formula is C17H23N7O2. The van der Waals surface area contributed by atoms with Crippen LogP contribution < -0.4 is 11.1 Å². The van der Waals surface area contributed by atoms with Gasteiger partial charge in [-0.05, 0) is 49.6 Å². The number of aromatic nitrogens is 4. The number of hydrogen-bond acceptors (Lipinski definition) is 6. The van der Waals surface area contributed by atoms with Gasteiger partial charge in [0.1, 0.15) is 0 Å². The van der Waals surface area contributed by atoms with Gasteiger partial charge in [0.15, 0.2) is 6.33 Å². The number of nitrogens with zero attached hydrogens (tertiary/aromatic N) is 5. The Bertz CT molecular complexity index is 790. The molecule has 1 aromatic carbocycles. The van der Waals surface area contributed by atoms with Crippen LogP contribution in [0.1, 0.15) is 30.9 Å². The van der Waals surface area contributed by atoms with Crippen LogP contribution >= 0.6 is 0 Å². The van der Waals surface area contributed by atoms with Gasteiger partial charge in [-0.15, -0.1) is 15.0 Å². The fourth-order valence-corrected chi connectivity index (χ4v) is 3.46. The van der Waals surface area contributed by atoms with E-state index in [2.05, 4.69) is 20.7 Å². The third-order valence-corrected chi connectivity index (χ3v) is 4.82. The van der Waals surface area contributed by atoms with E-state index in [0.29, 0.717) is 19.5 Å². The van der Waals surface area contributed by atoms with Gasteiger partial charge in [0.05, 0.1) is 17.8 Å². The maximum Gasteiger partial charge on any atom is 0.237 e. The first-order valence-corrected chi connectivity index (χ1v) is 8.63. The van der Waals surface area contributed by atoms with Crippen molar-refractivity contribution in [1.29, 1.82) is 0 Å². The highest BCUT2D eigenvalue weighted by Crippen LogP contribution is 2.21. The van der Waals surface area contributed by atoms with Crippen LogP contribution in [0, 0.1) is 6.92 Å². The summed E-state index contributed by atoms with van der Waals surface area (Å²) in [5.74, 6) is -0.516. The Balaban J connectivity index is 1.71. The van der Waals surface area contributed by atoms with Crippen molar-refractivity contribution in [2.45, 2.75) is 45.3 Å². The van der Waals surface area contributed by atoms with E-state index < -0.39 is 6.04 Å². The fourth-order valence-electron chi connectivity index (χ4n) is 3.46. The molecule has 1 aromatic heterocycles. The summed E-state index contributed by atoms with van der Waals surface area (Å²) in [4.78, 5) is 27.5. The van der Waals surface area contributed by atoms with E-state index in [1.54, 1.807) is 6.92 Å². The number of benzene rings is 1. The van der Waals surface area contributed by atoms with Crippen LogP contribution in [-0.4, -0.2) is 55.5 Å². The van der Waals surface area contributed by atoms with E-state index in [9.17, 15) is 9.59 Å². The minimum absolute atomic E-state index is 0.142. The van der Waals surface area contributed by atoms with E-state index in [0.717, 1.165) is 23.2 Å². The van der Waals surface area contributed by atoms with Crippen molar-refractivity contribution in [2.24, 2.45) is 5.73 Å². The molecule has 1 saturated heterocycles. The minimum Gasteiger partial charge on any atom is -0.368 e. The molecule has 0 aliphatic carbocycles. The number of carbonyl (C=O) groups excluding carboxylic acids is 2. The zero-order valence-electron chi connectivity index (χ0n) is 14.9. The molecule has 1 fully saturated rings. The third kappa shape index (κ3) is 3.57. The van der Waals surface area contributed by atoms with Gasteiger partial charge in [-0.25, -0.2) is 0 Å². The molecule has 0 radical (unpaired) electrons. The summed E-state index contributed by atoms with van der Waals surface area (Å²) in [7, 11) is 0. The van der Waals surface area contributed by atoms with Gasteiger partial charge in [0, 0.05) is 6.54 Å². The van der Waals surface area contributed by atoms with Crippen molar-refractivity contribution in [3.8, 4) is 5.69 Å². The molecule has 138 valence electrons. The Hall–Kier alpha value is -2.81. The number of nitrogens with two attached hydrogens (primary N) is 1. The molecule has 1 aliphatic rings. The third-order valence-electron chi connectivity index (χ3n) is 4.82. The molecule has 2 amide bonds. The molecule has 3 N–H and O–H groups in total. The highest BCUT2D eigenvalue weighted by molar-refractivity contribution is 5.84. The maximum absolute atomic E-state index is 12.6. The first-order valence-electron chi connectivity index (χ1n) is 8.63. The van der Waals surface area contributed by atoms with E-state index >= 15 is 0 Å². The lowest BCUT2D eigenvalue weighted by atomic mass is 10.1. The van der Waals surface area contributed by atoms with Crippen LogP contribution in [0.25, 0.3) is 5.69 Å². The number of amides is 2. The summed E-state index contributed by atoms with van der Waals surface area (Å²) in [5, 5.41) is 14.7. The van der Waals surface area contributed by atoms with Crippen molar-refractivity contribution in [3.63, 3.8) is 0 Å². The molecule has 0 spiro atoms. The predicted octanol–water partition coefficient (Wildman–Crippen LogP) is -0.0749. The lowest BCUT2D eigenvalue weighted by molar-refractivity contribution is -0.129. The second kappa shape index (κ2) is 7.61. The van der Waals surface area contributed by atoms with Gasteiger partial charge in [0.25, 0.3) is 0 Å². The number of tetrazole rings is 1. The second-order valence-corrected chi connectivity index (χ2v) is 6.50. The zero-order valence-corrected chi connectivity index (χ0v) is 14.9. The Kier molecular flexibility index (Phi) is 5.27. The monoisotopic (exact) mass is 357 g/mol. The average Bonchev–Trinajstić information content (AvgIpc) is 3.30. The summed E-state index contributed by atoms with van der Waals surface area (Å²) in [6.07, 6.45) is 2.94. The maximum atomic E-state index is 12.6. The fraction of sp³-hybridized carbons (Fsp3) is 0.471. The van der Waals surface area contributed by atoms with Crippen molar-refractivity contribution in [1.82, 2.24) is 30.4 Å². The molecule has 26 heavy (non-hydrogen) atoms. The molecule has 1 unspecified atom stereocenters. The van der Waals surface area contributed by atoms with E-state index in [4.69, 9.17) is 5.73 Å². The van der Waals surface area contributed by atoms with Crippen molar-refractivity contribution in [2.75, 3.05) is 6.54 Å². The first-order chi connectivity index (χ1) is 12.5. The molecule has 0 bridgehead atoms. The van der Waals surface area contributed by atoms with Crippen LogP contribution in [0.3, 0.4) is 0 Å². The van der Waals surface area contributed by atoms with Gasteiger partial charge >= 0.3 is 0 Å². The highest BCUT2D eigenvalue weighted by atomic mass is 16.2. The van der Waals surface area contributed by atoms with E-state index in [1.807, 2.05) is 30.0 Å². The van der Waals surface area contributed by atoms with Gasteiger partial charge in [0.2, 0.25) is 11.8 Å². The standard InChI is InChI=1S/C17H23N7O2/c1-11-5-3-6-13(15(11)24-21-10-20-22-24)9-19-17(26)12(2)23-8-4-7-14(23)16(18)25/h3,5-6,10,12,14H,4,7-9H2,1-2H3,(H2,18,25)(H,19,26)/t12-,14?/m0/s1. The van der Waals surface area contributed by atoms with Gasteiger partial charge in [-0.1, -0.05) is 18.2 Å². The number of carbonyl (C=O) groups is 2. The van der Waals surface area contributed by atoms with Crippen LogP contribution in [0.5, 0.6) is 0 Å². The Morgan fingerprint density at radius 2 is 2.23 bits per heavy atom. The molecule has 2 heterocycles. The summed E-state index contributed by atoms with van der Waals surface area (Å²) < 4.78 is 0. The van der Waals surface area contributed by atoms with Crippen LogP contribution in [0.15, 0.2) is 24.5 Å². The van der Waals surface area contributed by atoms with Crippen molar-refractivity contribution < 1.29 is 9.59 Å². The van der Waals surface area contributed by atoms with Crippen molar-refractivity contribution >= 4 is 11.8 Å². The SMILES string of the molecule is Cc1cccc(CNC(=O)[C@H](C)N2CCCC2C(N)=O)c1-n1ncnn1. The van der Waals surface area contributed by atoms with E-state index in [-0.39, 0.29) is 17.9 Å². The number of primary amides is 1. The highest BCUT2D eigenvalue weighted by Gasteiger charge is 2.35. The van der Waals surface area contributed by atoms with Gasteiger partial charge < -0.3 is 11.1 Å². The molecule has 9 heteroatoms. The molecule has 3 rings (SSSR count).